The van der Waals surface area contributed by atoms with Gasteiger partial charge in [0.25, 0.3) is 0 Å². The smallest absolute Gasteiger partial charge is 0.240 e. The molecule has 3 N–H and O–H groups in total. The highest BCUT2D eigenvalue weighted by Crippen LogP contribution is 2.17. The number of amides is 1. The molecule has 1 fully saturated rings. The second-order valence-corrected chi connectivity index (χ2v) is 5.15. The van der Waals surface area contributed by atoms with Crippen molar-refractivity contribution in [1.29, 1.82) is 0 Å². The van der Waals surface area contributed by atoms with E-state index in [1.807, 2.05) is 29.2 Å². The van der Waals surface area contributed by atoms with Crippen molar-refractivity contribution in [3.63, 3.8) is 0 Å². The van der Waals surface area contributed by atoms with Crippen LogP contribution in [-0.4, -0.2) is 35.6 Å². The van der Waals surface area contributed by atoms with E-state index in [-0.39, 0.29) is 11.9 Å². The molecule has 1 aliphatic rings. The lowest BCUT2D eigenvalue weighted by Crippen LogP contribution is -2.47. The normalized spacial score (nSPS) is 17.9. The SMILES string of the molecule is COc1ccc(CNC(=S)N2CCC[C@H]2C(N)=O)cc1. The first-order valence-electron chi connectivity index (χ1n) is 6.58. The Kier molecular flexibility index (Phi) is 4.79. The molecule has 0 saturated carbocycles. The van der Waals surface area contributed by atoms with Crippen molar-refractivity contribution in [2.75, 3.05) is 13.7 Å². The Balaban J connectivity index is 1.89. The monoisotopic (exact) mass is 293 g/mol. The topological polar surface area (TPSA) is 67.6 Å². The summed E-state index contributed by atoms with van der Waals surface area (Å²) in [5.74, 6) is 0.515. The van der Waals surface area contributed by atoms with Gasteiger partial charge in [-0.25, -0.2) is 0 Å². The van der Waals surface area contributed by atoms with Crippen molar-refractivity contribution in [3.8, 4) is 5.75 Å². The first-order chi connectivity index (χ1) is 9.61. The number of hydrogen-bond donors (Lipinski definition) is 2. The molecule has 1 saturated heterocycles. The highest BCUT2D eigenvalue weighted by atomic mass is 32.1. The average molecular weight is 293 g/mol. The van der Waals surface area contributed by atoms with Crippen LogP contribution in [0.2, 0.25) is 0 Å². The van der Waals surface area contributed by atoms with Crippen LogP contribution in [0.25, 0.3) is 0 Å². The summed E-state index contributed by atoms with van der Waals surface area (Å²) in [5, 5.41) is 3.76. The summed E-state index contributed by atoms with van der Waals surface area (Å²) in [6.45, 7) is 1.40. The predicted molar refractivity (Wildman–Crippen MR) is 81.4 cm³/mol. The lowest BCUT2D eigenvalue weighted by atomic mass is 10.2. The first kappa shape index (κ1) is 14.6. The standard InChI is InChI=1S/C14H19N3O2S/c1-19-11-6-4-10(5-7-11)9-16-14(20)17-8-2-3-12(17)13(15)18/h4-7,12H,2-3,8-9H2,1H3,(H2,15,18)(H,16,20)/t12-/m0/s1. The number of carbonyl (C=O) groups is 1. The Morgan fingerprint density at radius 2 is 2.20 bits per heavy atom. The van der Waals surface area contributed by atoms with Gasteiger partial charge in [-0.05, 0) is 42.8 Å². The van der Waals surface area contributed by atoms with E-state index in [0.717, 1.165) is 30.7 Å². The van der Waals surface area contributed by atoms with Crippen molar-refractivity contribution in [3.05, 3.63) is 29.8 Å². The van der Waals surface area contributed by atoms with Gasteiger partial charge in [-0.2, -0.15) is 0 Å². The lowest BCUT2D eigenvalue weighted by Gasteiger charge is -2.25. The summed E-state index contributed by atoms with van der Waals surface area (Å²) in [6, 6.07) is 7.49. The van der Waals surface area contributed by atoms with Gasteiger partial charge >= 0.3 is 0 Å². The van der Waals surface area contributed by atoms with Gasteiger partial charge in [0.05, 0.1) is 7.11 Å². The van der Waals surface area contributed by atoms with E-state index in [9.17, 15) is 4.79 Å². The zero-order valence-electron chi connectivity index (χ0n) is 11.5. The highest BCUT2D eigenvalue weighted by Gasteiger charge is 2.30. The zero-order chi connectivity index (χ0) is 14.5. The Bertz CT molecular complexity index is 490. The Morgan fingerprint density at radius 1 is 1.50 bits per heavy atom. The van der Waals surface area contributed by atoms with Crippen molar-refractivity contribution in [1.82, 2.24) is 10.2 Å². The number of carbonyl (C=O) groups excluding carboxylic acids is 1. The molecule has 0 unspecified atom stereocenters. The molecule has 1 aromatic rings. The summed E-state index contributed by atoms with van der Waals surface area (Å²) in [5.41, 5.74) is 6.48. The quantitative estimate of drug-likeness (QED) is 0.811. The number of nitrogens with one attached hydrogen (secondary N) is 1. The summed E-state index contributed by atoms with van der Waals surface area (Å²) in [6.07, 6.45) is 1.72. The Hall–Kier alpha value is -1.82. The summed E-state index contributed by atoms with van der Waals surface area (Å²) < 4.78 is 5.11. The molecule has 108 valence electrons. The number of nitrogens with two attached hydrogens (primary N) is 1. The number of rotatable bonds is 4. The van der Waals surface area contributed by atoms with Crippen LogP contribution >= 0.6 is 12.2 Å². The molecular formula is C14H19N3O2S. The van der Waals surface area contributed by atoms with Crippen molar-refractivity contribution in [2.45, 2.75) is 25.4 Å². The summed E-state index contributed by atoms with van der Waals surface area (Å²) >= 11 is 5.34. The second-order valence-electron chi connectivity index (χ2n) is 4.76. The summed E-state index contributed by atoms with van der Waals surface area (Å²) in [4.78, 5) is 13.2. The molecule has 1 aliphatic heterocycles. The van der Waals surface area contributed by atoms with Gasteiger partial charge in [0, 0.05) is 13.1 Å². The molecule has 0 radical (unpaired) electrons. The van der Waals surface area contributed by atoms with E-state index in [0.29, 0.717) is 11.7 Å². The highest BCUT2D eigenvalue weighted by molar-refractivity contribution is 7.80. The average Bonchev–Trinajstić information content (AvgIpc) is 2.95. The fourth-order valence-electron chi connectivity index (χ4n) is 2.33. The van der Waals surface area contributed by atoms with Crippen LogP contribution in [0.5, 0.6) is 5.75 Å². The largest absolute Gasteiger partial charge is 0.497 e. The van der Waals surface area contributed by atoms with Crippen LogP contribution in [0.1, 0.15) is 18.4 Å². The third-order valence-corrected chi connectivity index (χ3v) is 3.82. The molecule has 2 rings (SSSR count). The maximum atomic E-state index is 11.3. The van der Waals surface area contributed by atoms with E-state index in [1.165, 1.54) is 0 Å². The number of nitrogens with zero attached hydrogens (tertiary/aromatic N) is 1. The van der Waals surface area contributed by atoms with Crippen LogP contribution in [0.15, 0.2) is 24.3 Å². The minimum atomic E-state index is -0.309. The molecule has 6 heteroatoms. The van der Waals surface area contributed by atoms with Gasteiger partial charge < -0.3 is 20.7 Å². The second kappa shape index (κ2) is 6.56. The molecule has 1 atom stereocenters. The molecule has 0 aromatic heterocycles. The van der Waals surface area contributed by atoms with E-state index in [1.54, 1.807) is 7.11 Å². The van der Waals surface area contributed by atoms with Crippen LogP contribution in [0.4, 0.5) is 0 Å². The fraction of sp³-hybridized carbons (Fsp3) is 0.429. The van der Waals surface area contributed by atoms with Crippen LogP contribution < -0.4 is 15.8 Å². The molecule has 0 bridgehead atoms. The van der Waals surface area contributed by atoms with Gasteiger partial charge in [0.1, 0.15) is 11.8 Å². The number of methoxy groups -OCH3 is 1. The van der Waals surface area contributed by atoms with Gasteiger partial charge in [-0.15, -0.1) is 0 Å². The van der Waals surface area contributed by atoms with E-state index < -0.39 is 0 Å². The third kappa shape index (κ3) is 3.39. The summed E-state index contributed by atoms with van der Waals surface area (Å²) in [7, 11) is 1.64. The number of benzene rings is 1. The third-order valence-electron chi connectivity index (χ3n) is 3.44. The van der Waals surface area contributed by atoms with E-state index in [4.69, 9.17) is 22.7 Å². The van der Waals surface area contributed by atoms with E-state index in [2.05, 4.69) is 5.32 Å². The lowest BCUT2D eigenvalue weighted by molar-refractivity contribution is -0.121. The van der Waals surface area contributed by atoms with Crippen molar-refractivity contribution < 1.29 is 9.53 Å². The van der Waals surface area contributed by atoms with Gasteiger partial charge in [-0.1, -0.05) is 12.1 Å². The van der Waals surface area contributed by atoms with Crippen LogP contribution in [-0.2, 0) is 11.3 Å². The Labute approximate surface area is 124 Å². The first-order valence-corrected chi connectivity index (χ1v) is 6.99. The number of hydrogen-bond acceptors (Lipinski definition) is 3. The molecule has 20 heavy (non-hydrogen) atoms. The number of likely N-dealkylation sites (tertiary alicyclic amines) is 1. The molecule has 1 heterocycles. The van der Waals surface area contributed by atoms with Crippen molar-refractivity contribution >= 4 is 23.2 Å². The maximum Gasteiger partial charge on any atom is 0.240 e. The number of primary amides is 1. The Morgan fingerprint density at radius 3 is 2.80 bits per heavy atom. The fourth-order valence-corrected chi connectivity index (χ4v) is 2.62. The number of ether oxygens (including phenoxy) is 1. The van der Waals surface area contributed by atoms with Crippen LogP contribution in [0, 0.1) is 0 Å². The molecular weight excluding hydrogens is 274 g/mol. The van der Waals surface area contributed by atoms with Gasteiger partial charge in [-0.3, -0.25) is 4.79 Å². The van der Waals surface area contributed by atoms with Gasteiger partial charge in [0.15, 0.2) is 5.11 Å². The molecule has 1 aromatic carbocycles. The number of thiocarbonyl (C=S) groups is 1. The minimum absolute atomic E-state index is 0.272. The predicted octanol–water partition coefficient (Wildman–Crippen LogP) is 1.02. The molecule has 1 amide bonds. The molecule has 0 spiro atoms. The van der Waals surface area contributed by atoms with Gasteiger partial charge in [0.2, 0.25) is 5.91 Å². The molecule has 0 aliphatic carbocycles. The van der Waals surface area contributed by atoms with E-state index >= 15 is 0 Å². The zero-order valence-corrected chi connectivity index (χ0v) is 12.3. The minimum Gasteiger partial charge on any atom is -0.497 e. The van der Waals surface area contributed by atoms with Crippen molar-refractivity contribution in [2.24, 2.45) is 5.73 Å². The maximum absolute atomic E-state index is 11.3. The van der Waals surface area contributed by atoms with Crippen LogP contribution in [0.3, 0.4) is 0 Å². The molecule has 5 nitrogen and oxygen atoms in total.